The van der Waals surface area contributed by atoms with E-state index in [1.165, 1.54) is 38.5 Å². The molecule has 1 saturated carbocycles. The van der Waals surface area contributed by atoms with E-state index in [9.17, 15) is 0 Å². The van der Waals surface area contributed by atoms with Gasteiger partial charge in [-0.2, -0.15) is 5.10 Å². The summed E-state index contributed by atoms with van der Waals surface area (Å²) in [4.78, 5) is 9.33. The number of nitrogens with one attached hydrogen (secondary N) is 2. The highest BCUT2D eigenvalue weighted by molar-refractivity contribution is 5.80. The minimum Gasteiger partial charge on any atom is -0.377 e. The zero-order valence-electron chi connectivity index (χ0n) is 16.3. The lowest BCUT2D eigenvalue weighted by Gasteiger charge is -2.25. The number of nitrogens with zero attached hydrogens (tertiary/aromatic N) is 4. The fourth-order valence-corrected chi connectivity index (χ4v) is 4.05. The quantitative estimate of drug-likeness (QED) is 0.421. The van der Waals surface area contributed by atoms with Crippen molar-refractivity contribution < 1.29 is 4.74 Å². The number of fused-ring (bicyclic) bond motifs is 1. The van der Waals surface area contributed by atoms with Gasteiger partial charge in [0.25, 0.3) is 0 Å². The van der Waals surface area contributed by atoms with Crippen molar-refractivity contribution >= 4 is 5.96 Å². The lowest BCUT2D eigenvalue weighted by molar-refractivity contribution is 0.177. The SMILES string of the molecule is CCNC(=NCCCC1CCCC1)NC1CCc2nc(COC)nn2C1. The number of methoxy groups -OCH3 is 1. The average molecular weight is 363 g/mol. The van der Waals surface area contributed by atoms with Gasteiger partial charge in [0.2, 0.25) is 0 Å². The zero-order valence-corrected chi connectivity index (χ0v) is 16.3. The fraction of sp³-hybridized carbons (Fsp3) is 0.842. The summed E-state index contributed by atoms with van der Waals surface area (Å²) in [5, 5.41) is 11.5. The molecule has 1 aliphatic heterocycles. The predicted molar refractivity (Wildman–Crippen MR) is 103 cm³/mol. The summed E-state index contributed by atoms with van der Waals surface area (Å²) in [5.41, 5.74) is 0. The van der Waals surface area contributed by atoms with E-state index in [0.29, 0.717) is 12.6 Å². The van der Waals surface area contributed by atoms with Crippen LogP contribution in [0.5, 0.6) is 0 Å². The Morgan fingerprint density at radius 3 is 2.92 bits per heavy atom. The van der Waals surface area contributed by atoms with E-state index in [0.717, 1.165) is 56.0 Å². The van der Waals surface area contributed by atoms with Crippen molar-refractivity contribution in [2.45, 2.75) is 77.5 Å². The van der Waals surface area contributed by atoms with Crippen LogP contribution in [0.2, 0.25) is 0 Å². The molecule has 1 aromatic rings. The van der Waals surface area contributed by atoms with Gasteiger partial charge in [-0.15, -0.1) is 0 Å². The lowest BCUT2D eigenvalue weighted by Crippen LogP contribution is -2.47. The van der Waals surface area contributed by atoms with E-state index in [1.807, 2.05) is 4.68 Å². The van der Waals surface area contributed by atoms with E-state index < -0.39 is 0 Å². The van der Waals surface area contributed by atoms with Gasteiger partial charge in [0, 0.05) is 32.7 Å². The van der Waals surface area contributed by atoms with E-state index in [-0.39, 0.29) is 0 Å². The predicted octanol–water partition coefficient (Wildman–Crippen LogP) is 2.26. The second kappa shape index (κ2) is 9.90. The van der Waals surface area contributed by atoms with Crippen LogP contribution in [0.15, 0.2) is 4.99 Å². The highest BCUT2D eigenvalue weighted by Gasteiger charge is 2.22. The number of aryl methyl sites for hydroxylation is 1. The summed E-state index contributed by atoms with van der Waals surface area (Å²) in [5.74, 6) is 3.72. The minimum absolute atomic E-state index is 0.340. The molecule has 26 heavy (non-hydrogen) atoms. The van der Waals surface area contributed by atoms with Crippen LogP contribution in [0.3, 0.4) is 0 Å². The van der Waals surface area contributed by atoms with Crippen LogP contribution < -0.4 is 10.6 Å². The Kier molecular flexibility index (Phi) is 7.29. The molecule has 0 radical (unpaired) electrons. The Balaban J connectivity index is 1.48. The van der Waals surface area contributed by atoms with Crippen LogP contribution in [-0.4, -0.2) is 47.0 Å². The molecule has 0 bridgehead atoms. The molecule has 7 heteroatoms. The Hall–Kier alpha value is -1.63. The van der Waals surface area contributed by atoms with Crippen molar-refractivity contribution in [3.05, 3.63) is 11.6 Å². The van der Waals surface area contributed by atoms with Crippen LogP contribution in [0.25, 0.3) is 0 Å². The Bertz CT molecular complexity index is 579. The third-order valence-corrected chi connectivity index (χ3v) is 5.38. The largest absolute Gasteiger partial charge is 0.377 e. The molecule has 1 atom stereocenters. The van der Waals surface area contributed by atoms with Crippen molar-refractivity contribution in [3.63, 3.8) is 0 Å². The molecule has 0 spiro atoms. The summed E-state index contributed by atoms with van der Waals surface area (Å²) < 4.78 is 7.15. The van der Waals surface area contributed by atoms with Crippen LogP contribution in [0.4, 0.5) is 0 Å². The molecule has 1 aromatic heterocycles. The molecule has 3 rings (SSSR count). The Morgan fingerprint density at radius 1 is 1.31 bits per heavy atom. The summed E-state index contributed by atoms with van der Waals surface area (Å²) >= 11 is 0. The first-order valence-corrected chi connectivity index (χ1v) is 10.2. The first-order chi connectivity index (χ1) is 12.8. The van der Waals surface area contributed by atoms with Gasteiger partial charge in [0.1, 0.15) is 12.4 Å². The van der Waals surface area contributed by atoms with Crippen LogP contribution in [-0.2, 0) is 24.3 Å². The molecule has 2 N–H and O–H groups in total. The second-order valence-electron chi connectivity index (χ2n) is 7.49. The number of guanidine groups is 1. The van der Waals surface area contributed by atoms with Crippen molar-refractivity contribution in [2.75, 3.05) is 20.2 Å². The second-order valence-corrected chi connectivity index (χ2v) is 7.49. The molecule has 0 amide bonds. The van der Waals surface area contributed by atoms with E-state index >= 15 is 0 Å². The highest BCUT2D eigenvalue weighted by atomic mass is 16.5. The minimum atomic E-state index is 0.340. The zero-order chi connectivity index (χ0) is 18.2. The maximum absolute atomic E-state index is 5.14. The van der Waals surface area contributed by atoms with Gasteiger partial charge in [-0.05, 0) is 32.1 Å². The molecule has 2 heterocycles. The third kappa shape index (κ3) is 5.43. The van der Waals surface area contributed by atoms with Crippen LogP contribution >= 0.6 is 0 Å². The van der Waals surface area contributed by atoms with Crippen LogP contribution in [0.1, 0.15) is 63.5 Å². The van der Waals surface area contributed by atoms with Gasteiger partial charge in [0.05, 0.1) is 6.54 Å². The summed E-state index contributed by atoms with van der Waals surface area (Å²) in [6.07, 6.45) is 10.2. The lowest BCUT2D eigenvalue weighted by atomic mass is 10.0. The van der Waals surface area contributed by atoms with Gasteiger partial charge in [-0.25, -0.2) is 9.67 Å². The molecular weight excluding hydrogens is 328 g/mol. The molecule has 0 aromatic carbocycles. The maximum Gasteiger partial charge on any atom is 0.191 e. The number of aromatic nitrogens is 3. The van der Waals surface area contributed by atoms with Crippen LogP contribution in [0, 0.1) is 5.92 Å². The maximum atomic E-state index is 5.14. The number of rotatable bonds is 8. The number of aliphatic imine (C=N–C) groups is 1. The average Bonchev–Trinajstić information content (AvgIpc) is 3.28. The van der Waals surface area contributed by atoms with Gasteiger partial charge in [0.15, 0.2) is 11.8 Å². The third-order valence-electron chi connectivity index (χ3n) is 5.38. The fourth-order valence-electron chi connectivity index (χ4n) is 4.05. The van der Waals surface area contributed by atoms with Gasteiger partial charge >= 0.3 is 0 Å². The number of hydrogen-bond donors (Lipinski definition) is 2. The van der Waals surface area contributed by atoms with Gasteiger partial charge in [-0.3, -0.25) is 4.99 Å². The topological polar surface area (TPSA) is 76.4 Å². The summed E-state index contributed by atoms with van der Waals surface area (Å²) in [7, 11) is 1.68. The Labute approximate surface area is 157 Å². The smallest absolute Gasteiger partial charge is 0.191 e. The van der Waals surface area contributed by atoms with E-state index in [2.05, 4.69) is 27.6 Å². The van der Waals surface area contributed by atoms with E-state index in [4.69, 9.17) is 9.73 Å². The van der Waals surface area contributed by atoms with Crippen molar-refractivity contribution in [1.29, 1.82) is 0 Å². The van der Waals surface area contributed by atoms with Gasteiger partial charge in [-0.1, -0.05) is 25.7 Å². The normalized spacial score (nSPS) is 21.0. The van der Waals surface area contributed by atoms with E-state index in [1.54, 1.807) is 7.11 Å². The van der Waals surface area contributed by atoms with Gasteiger partial charge < -0.3 is 15.4 Å². The molecule has 146 valence electrons. The molecule has 1 fully saturated rings. The standard InChI is InChI=1S/C19H34N6O/c1-3-20-19(21-12-6-9-15-7-4-5-8-15)22-16-10-11-18-23-17(14-26-2)24-25(18)13-16/h15-16H,3-14H2,1-2H3,(H2,20,21,22). The number of ether oxygens (including phenoxy) is 1. The highest BCUT2D eigenvalue weighted by Crippen LogP contribution is 2.28. The first kappa shape index (κ1) is 19.1. The first-order valence-electron chi connectivity index (χ1n) is 10.2. The monoisotopic (exact) mass is 362 g/mol. The van der Waals surface area contributed by atoms with Crippen molar-refractivity contribution in [3.8, 4) is 0 Å². The summed E-state index contributed by atoms with van der Waals surface area (Å²) in [6, 6.07) is 0.340. The van der Waals surface area contributed by atoms with Crippen molar-refractivity contribution in [2.24, 2.45) is 10.9 Å². The molecular formula is C19H34N6O. The Morgan fingerprint density at radius 2 is 2.15 bits per heavy atom. The molecule has 1 unspecified atom stereocenters. The molecule has 2 aliphatic rings. The molecule has 0 saturated heterocycles. The molecule has 1 aliphatic carbocycles. The number of hydrogen-bond acceptors (Lipinski definition) is 4. The molecule has 7 nitrogen and oxygen atoms in total. The van der Waals surface area contributed by atoms with Crippen molar-refractivity contribution in [1.82, 2.24) is 25.4 Å². The summed E-state index contributed by atoms with van der Waals surface area (Å²) in [6.45, 7) is 5.21.